The molecule has 0 aromatic heterocycles. The summed E-state index contributed by atoms with van der Waals surface area (Å²) in [4.78, 5) is 12.6. The number of hydrogen-bond acceptors (Lipinski definition) is 3. The molecule has 3 heteroatoms. The molecule has 0 saturated heterocycles. The van der Waals surface area contributed by atoms with Crippen molar-refractivity contribution in [1.82, 2.24) is 5.32 Å². The van der Waals surface area contributed by atoms with E-state index in [0.717, 1.165) is 16.9 Å². The zero-order chi connectivity index (χ0) is 17.5. The summed E-state index contributed by atoms with van der Waals surface area (Å²) in [6.45, 7) is 2.50. The van der Waals surface area contributed by atoms with Gasteiger partial charge in [0.05, 0.1) is 6.04 Å². The SMILES string of the molecule is CC(NC1CCCCC1)C(=O)c1ccc(OCc2ccccc2)cc1. The van der Waals surface area contributed by atoms with Gasteiger partial charge in [0, 0.05) is 11.6 Å². The Labute approximate surface area is 150 Å². The highest BCUT2D eigenvalue weighted by atomic mass is 16.5. The molecular formula is C22H27NO2. The van der Waals surface area contributed by atoms with Gasteiger partial charge in [0.2, 0.25) is 0 Å². The first-order valence-corrected chi connectivity index (χ1v) is 9.29. The van der Waals surface area contributed by atoms with Gasteiger partial charge in [0.15, 0.2) is 5.78 Å². The van der Waals surface area contributed by atoms with Crippen LogP contribution in [0.15, 0.2) is 54.6 Å². The lowest BCUT2D eigenvalue weighted by Crippen LogP contribution is -2.42. The van der Waals surface area contributed by atoms with Crippen molar-refractivity contribution in [2.45, 2.75) is 57.7 Å². The second-order valence-corrected chi connectivity index (χ2v) is 6.89. The molecule has 1 fully saturated rings. The lowest BCUT2D eigenvalue weighted by atomic mass is 9.94. The standard InChI is InChI=1S/C22H27NO2/c1-17(23-20-10-6-3-7-11-20)22(24)19-12-14-21(15-13-19)25-16-18-8-4-2-5-9-18/h2,4-5,8-9,12-15,17,20,23H,3,6-7,10-11,16H2,1H3. The third-order valence-electron chi connectivity index (χ3n) is 4.87. The lowest BCUT2D eigenvalue weighted by molar-refractivity contribution is 0.0940. The minimum absolute atomic E-state index is 0.140. The molecule has 1 unspecified atom stereocenters. The molecule has 0 amide bonds. The quantitative estimate of drug-likeness (QED) is 0.740. The fourth-order valence-corrected chi connectivity index (χ4v) is 3.40. The highest BCUT2D eigenvalue weighted by molar-refractivity contribution is 5.99. The van der Waals surface area contributed by atoms with Crippen LogP contribution in [0.4, 0.5) is 0 Å². The average molecular weight is 337 g/mol. The minimum atomic E-state index is -0.140. The number of benzene rings is 2. The molecule has 1 N–H and O–H groups in total. The minimum Gasteiger partial charge on any atom is -0.489 e. The van der Waals surface area contributed by atoms with Gasteiger partial charge >= 0.3 is 0 Å². The predicted molar refractivity (Wildman–Crippen MR) is 101 cm³/mol. The van der Waals surface area contributed by atoms with Crippen molar-refractivity contribution in [1.29, 1.82) is 0 Å². The number of hydrogen-bond donors (Lipinski definition) is 1. The van der Waals surface area contributed by atoms with Gasteiger partial charge in [-0.2, -0.15) is 0 Å². The molecule has 25 heavy (non-hydrogen) atoms. The van der Waals surface area contributed by atoms with Gasteiger partial charge in [-0.15, -0.1) is 0 Å². The van der Waals surface area contributed by atoms with Crippen LogP contribution in [0, 0.1) is 0 Å². The molecule has 0 heterocycles. The van der Waals surface area contributed by atoms with Crippen LogP contribution in [0.1, 0.15) is 54.9 Å². The van der Waals surface area contributed by atoms with Gasteiger partial charge in [-0.25, -0.2) is 0 Å². The zero-order valence-electron chi connectivity index (χ0n) is 14.9. The molecular weight excluding hydrogens is 310 g/mol. The van der Waals surface area contributed by atoms with E-state index >= 15 is 0 Å². The van der Waals surface area contributed by atoms with E-state index in [-0.39, 0.29) is 11.8 Å². The summed E-state index contributed by atoms with van der Waals surface area (Å²) >= 11 is 0. The first-order valence-electron chi connectivity index (χ1n) is 9.29. The Morgan fingerprint density at radius 1 is 1.04 bits per heavy atom. The Hall–Kier alpha value is -2.13. The van der Waals surface area contributed by atoms with Crippen LogP contribution in [-0.4, -0.2) is 17.9 Å². The van der Waals surface area contributed by atoms with Crippen LogP contribution in [0.2, 0.25) is 0 Å². The van der Waals surface area contributed by atoms with Crippen molar-refractivity contribution in [2.24, 2.45) is 0 Å². The fraction of sp³-hybridized carbons (Fsp3) is 0.409. The average Bonchev–Trinajstić information content (AvgIpc) is 2.68. The first-order chi connectivity index (χ1) is 12.2. The van der Waals surface area contributed by atoms with Gasteiger partial charge in [-0.05, 0) is 49.6 Å². The van der Waals surface area contributed by atoms with Crippen LogP contribution >= 0.6 is 0 Å². The Kier molecular flexibility index (Phi) is 6.24. The Morgan fingerprint density at radius 3 is 2.40 bits per heavy atom. The van der Waals surface area contributed by atoms with E-state index in [9.17, 15) is 4.79 Å². The third kappa shape index (κ3) is 5.17. The number of Topliss-reactive ketones (excluding diaryl/α,β-unsaturated/α-hetero) is 1. The molecule has 1 atom stereocenters. The highest BCUT2D eigenvalue weighted by Crippen LogP contribution is 2.19. The fourth-order valence-electron chi connectivity index (χ4n) is 3.40. The third-order valence-corrected chi connectivity index (χ3v) is 4.87. The number of carbonyl (C=O) groups is 1. The van der Waals surface area contributed by atoms with E-state index in [0.29, 0.717) is 12.6 Å². The molecule has 2 aromatic carbocycles. The number of ether oxygens (including phenoxy) is 1. The predicted octanol–water partition coefficient (Wildman–Crippen LogP) is 4.76. The molecule has 132 valence electrons. The van der Waals surface area contributed by atoms with Crippen LogP contribution in [0.3, 0.4) is 0 Å². The second kappa shape index (κ2) is 8.82. The summed E-state index contributed by atoms with van der Waals surface area (Å²) in [7, 11) is 0. The number of nitrogens with one attached hydrogen (secondary N) is 1. The van der Waals surface area contributed by atoms with Crippen LogP contribution in [0.25, 0.3) is 0 Å². The smallest absolute Gasteiger partial charge is 0.179 e. The van der Waals surface area contributed by atoms with Gasteiger partial charge < -0.3 is 10.1 Å². The van der Waals surface area contributed by atoms with Crippen molar-refractivity contribution < 1.29 is 9.53 Å². The van der Waals surface area contributed by atoms with E-state index in [1.165, 1.54) is 32.1 Å². The van der Waals surface area contributed by atoms with E-state index in [1.54, 1.807) is 0 Å². The molecule has 3 nitrogen and oxygen atoms in total. The molecule has 1 saturated carbocycles. The number of ketones is 1. The normalized spacial score (nSPS) is 16.4. The number of carbonyl (C=O) groups excluding carboxylic acids is 1. The Balaban J connectivity index is 1.52. The summed E-state index contributed by atoms with van der Waals surface area (Å²) in [5.41, 5.74) is 1.87. The summed E-state index contributed by atoms with van der Waals surface area (Å²) < 4.78 is 5.78. The van der Waals surface area contributed by atoms with Gasteiger partial charge in [0.25, 0.3) is 0 Å². The van der Waals surface area contributed by atoms with Gasteiger partial charge in [0.1, 0.15) is 12.4 Å². The maximum absolute atomic E-state index is 12.6. The summed E-state index contributed by atoms with van der Waals surface area (Å²) in [6, 6.07) is 17.9. The molecule has 0 bridgehead atoms. The molecule has 3 rings (SSSR count). The largest absolute Gasteiger partial charge is 0.489 e. The van der Waals surface area contributed by atoms with E-state index in [2.05, 4.69) is 5.32 Å². The van der Waals surface area contributed by atoms with Gasteiger partial charge in [-0.1, -0.05) is 49.6 Å². The molecule has 2 aromatic rings. The molecule has 0 spiro atoms. The summed E-state index contributed by atoms with van der Waals surface area (Å²) in [6.07, 6.45) is 6.23. The monoisotopic (exact) mass is 337 g/mol. The highest BCUT2D eigenvalue weighted by Gasteiger charge is 2.20. The van der Waals surface area contributed by atoms with E-state index in [1.807, 2.05) is 61.5 Å². The van der Waals surface area contributed by atoms with E-state index in [4.69, 9.17) is 4.74 Å². The van der Waals surface area contributed by atoms with Crippen molar-refractivity contribution in [3.05, 3.63) is 65.7 Å². The maximum Gasteiger partial charge on any atom is 0.179 e. The first kappa shape index (κ1) is 17.7. The van der Waals surface area contributed by atoms with Crippen molar-refractivity contribution in [2.75, 3.05) is 0 Å². The van der Waals surface area contributed by atoms with Crippen molar-refractivity contribution in [3.8, 4) is 5.75 Å². The van der Waals surface area contributed by atoms with Crippen molar-refractivity contribution >= 4 is 5.78 Å². The summed E-state index contributed by atoms with van der Waals surface area (Å²) in [5, 5.41) is 3.50. The van der Waals surface area contributed by atoms with Gasteiger partial charge in [-0.3, -0.25) is 4.79 Å². The molecule has 1 aliphatic rings. The molecule has 0 aliphatic heterocycles. The van der Waals surface area contributed by atoms with Crippen LogP contribution in [0.5, 0.6) is 5.75 Å². The summed E-state index contributed by atoms with van der Waals surface area (Å²) in [5.74, 6) is 0.938. The maximum atomic E-state index is 12.6. The molecule has 0 radical (unpaired) electrons. The Bertz CT molecular complexity index is 660. The van der Waals surface area contributed by atoms with E-state index < -0.39 is 0 Å². The second-order valence-electron chi connectivity index (χ2n) is 6.89. The van der Waals surface area contributed by atoms with Crippen LogP contribution < -0.4 is 10.1 Å². The molecule has 1 aliphatic carbocycles. The topological polar surface area (TPSA) is 38.3 Å². The Morgan fingerprint density at radius 2 is 1.72 bits per heavy atom. The zero-order valence-corrected chi connectivity index (χ0v) is 14.9. The van der Waals surface area contributed by atoms with Crippen molar-refractivity contribution in [3.63, 3.8) is 0 Å². The number of rotatable bonds is 7. The van der Waals surface area contributed by atoms with Crippen LogP contribution in [-0.2, 0) is 6.61 Å². The lowest BCUT2D eigenvalue weighted by Gasteiger charge is -2.26.